The molecule has 1 N–H and O–H groups in total. The van der Waals surface area contributed by atoms with Crippen molar-refractivity contribution in [3.05, 3.63) is 15.9 Å². The predicted octanol–water partition coefficient (Wildman–Crippen LogP) is 3.76. The first-order chi connectivity index (χ1) is 11.1. The van der Waals surface area contributed by atoms with Crippen molar-refractivity contribution in [1.82, 2.24) is 15.1 Å². The van der Waals surface area contributed by atoms with Crippen LogP contribution >= 0.6 is 27.5 Å². The van der Waals surface area contributed by atoms with Gasteiger partial charge in [-0.15, -0.1) is 0 Å². The molecule has 10 heteroatoms. The van der Waals surface area contributed by atoms with Gasteiger partial charge in [0, 0.05) is 18.9 Å². The fourth-order valence-corrected chi connectivity index (χ4v) is 3.27. The zero-order chi connectivity index (χ0) is 18.1. The van der Waals surface area contributed by atoms with Gasteiger partial charge in [-0.05, 0) is 53.7 Å². The molecule has 1 aromatic rings. The molecule has 0 bridgehead atoms. The van der Waals surface area contributed by atoms with Crippen LogP contribution in [0.5, 0.6) is 0 Å². The van der Waals surface area contributed by atoms with Gasteiger partial charge < -0.3 is 5.32 Å². The van der Waals surface area contributed by atoms with E-state index in [-0.39, 0.29) is 23.4 Å². The van der Waals surface area contributed by atoms with Gasteiger partial charge in [0.2, 0.25) is 11.1 Å². The maximum atomic E-state index is 13.1. The fourth-order valence-electron chi connectivity index (χ4n) is 2.32. The fraction of sp³-hybridized carbons (Fsp3) is 0.643. The molecule has 1 atom stereocenters. The van der Waals surface area contributed by atoms with E-state index in [1.165, 1.54) is 6.92 Å². The van der Waals surface area contributed by atoms with Crippen molar-refractivity contribution in [2.45, 2.75) is 50.7 Å². The summed E-state index contributed by atoms with van der Waals surface area (Å²) < 4.78 is 40.2. The van der Waals surface area contributed by atoms with E-state index in [1.807, 2.05) is 0 Å². The quantitative estimate of drug-likeness (QED) is 0.529. The lowest BCUT2D eigenvalue weighted by atomic mass is 10.2. The Morgan fingerprint density at radius 2 is 2.08 bits per heavy atom. The predicted molar refractivity (Wildman–Crippen MR) is 84.7 cm³/mol. The number of aromatic nitrogens is 2. The van der Waals surface area contributed by atoms with Crippen molar-refractivity contribution in [3.8, 4) is 0 Å². The van der Waals surface area contributed by atoms with Gasteiger partial charge in [-0.1, -0.05) is 0 Å². The van der Waals surface area contributed by atoms with Crippen LogP contribution in [0.4, 0.5) is 13.2 Å². The van der Waals surface area contributed by atoms with Crippen LogP contribution in [0, 0.1) is 0 Å². The number of nitrogens with one attached hydrogen (secondary N) is 1. The van der Waals surface area contributed by atoms with Gasteiger partial charge in [0.25, 0.3) is 0 Å². The highest BCUT2D eigenvalue weighted by Gasteiger charge is 2.42. The highest BCUT2D eigenvalue weighted by molar-refractivity contribution is 9.10. The van der Waals surface area contributed by atoms with Gasteiger partial charge >= 0.3 is 6.18 Å². The summed E-state index contributed by atoms with van der Waals surface area (Å²) in [5, 5.41) is 5.71. The summed E-state index contributed by atoms with van der Waals surface area (Å²) in [4.78, 5) is 22.8. The third-order valence-electron chi connectivity index (χ3n) is 3.72. The number of rotatable bonds is 7. The zero-order valence-electron chi connectivity index (χ0n) is 12.8. The second-order valence-electron chi connectivity index (χ2n) is 5.69. The lowest BCUT2D eigenvalue weighted by Crippen LogP contribution is -2.33. The number of carbonyl (C=O) groups excluding carboxylic acids is 2. The van der Waals surface area contributed by atoms with Crippen LogP contribution in [-0.2, 0) is 15.8 Å². The van der Waals surface area contributed by atoms with Crippen LogP contribution in [0.25, 0.3) is 0 Å². The van der Waals surface area contributed by atoms with Crippen molar-refractivity contribution in [2.24, 2.45) is 0 Å². The van der Waals surface area contributed by atoms with E-state index in [0.717, 1.165) is 17.5 Å². The maximum Gasteiger partial charge on any atom is 0.436 e. The Kier molecular flexibility index (Phi) is 5.95. The Balaban J connectivity index is 2.15. The molecule has 1 heterocycles. The summed E-state index contributed by atoms with van der Waals surface area (Å²) in [5.41, 5.74) is -0.613. The van der Waals surface area contributed by atoms with Crippen LogP contribution in [0.3, 0.4) is 0 Å². The molecular formula is C14H16BrClF3N3O2. The molecule has 0 aliphatic heterocycles. The lowest BCUT2D eigenvalue weighted by Gasteiger charge is -2.15. The minimum Gasteiger partial charge on any atom is -0.354 e. The maximum absolute atomic E-state index is 13.1. The summed E-state index contributed by atoms with van der Waals surface area (Å²) in [6, 6.07) is -0.889. The summed E-state index contributed by atoms with van der Waals surface area (Å²) in [7, 11) is 0. The first-order valence-corrected chi connectivity index (χ1v) is 8.61. The highest BCUT2D eigenvalue weighted by Crippen LogP contribution is 2.47. The minimum absolute atomic E-state index is 0.0212. The largest absolute Gasteiger partial charge is 0.436 e. The molecule has 1 aliphatic carbocycles. The van der Waals surface area contributed by atoms with Crippen LogP contribution < -0.4 is 5.32 Å². The molecule has 1 aromatic heterocycles. The monoisotopic (exact) mass is 429 g/mol. The number of alkyl halides is 3. The number of amides is 1. The zero-order valence-corrected chi connectivity index (χ0v) is 15.1. The summed E-state index contributed by atoms with van der Waals surface area (Å²) in [6.45, 7) is 1.71. The molecule has 0 saturated heterocycles. The van der Waals surface area contributed by atoms with Gasteiger partial charge in [0.15, 0.2) is 5.69 Å². The van der Waals surface area contributed by atoms with E-state index in [4.69, 9.17) is 11.6 Å². The van der Waals surface area contributed by atoms with E-state index < -0.39 is 29.1 Å². The van der Waals surface area contributed by atoms with Crippen molar-refractivity contribution in [3.63, 3.8) is 0 Å². The highest BCUT2D eigenvalue weighted by atomic mass is 79.9. The summed E-state index contributed by atoms with van der Waals surface area (Å²) in [5.74, 6) is -0.477. The molecule has 134 valence electrons. The van der Waals surface area contributed by atoms with Gasteiger partial charge in [0.05, 0.1) is 10.2 Å². The van der Waals surface area contributed by atoms with Crippen molar-refractivity contribution < 1.29 is 22.8 Å². The molecule has 1 fully saturated rings. The lowest BCUT2D eigenvalue weighted by molar-refractivity contribution is -0.142. The number of halogens is 5. The molecule has 1 amide bonds. The van der Waals surface area contributed by atoms with Crippen LogP contribution in [-0.4, -0.2) is 27.5 Å². The van der Waals surface area contributed by atoms with Crippen LogP contribution in [0.2, 0.25) is 0 Å². The summed E-state index contributed by atoms with van der Waals surface area (Å²) >= 11 is 8.19. The molecule has 2 rings (SSSR count). The second kappa shape index (κ2) is 7.43. The first-order valence-electron chi connectivity index (χ1n) is 7.44. The Bertz CT molecular complexity index is 644. The summed E-state index contributed by atoms with van der Waals surface area (Å²) in [6.07, 6.45) is -2.56. The van der Waals surface area contributed by atoms with Gasteiger partial charge in [0.1, 0.15) is 6.04 Å². The van der Waals surface area contributed by atoms with E-state index in [2.05, 4.69) is 26.3 Å². The molecule has 0 aromatic carbocycles. The molecule has 24 heavy (non-hydrogen) atoms. The van der Waals surface area contributed by atoms with E-state index in [0.29, 0.717) is 12.1 Å². The van der Waals surface area contributed by atoms with E-state index >= 15 is 0 Å². The number of hydrogen-bond donors (Lipinski definition) is 1. The van der Waals surface area contributed by atoms with E-state index in [1.54, 1.807) is 0 Å². The molecular weight excluding hydrogens is 415 g/mol. The van der Waals surface area contributed by atoms with Gasteiger partial charge in [-0.3, -0.25) is 14.3 Å². The van der Waals surface area contributed by atoms with E-state index in [9.17, 15) is 22.8 Å². The molecule has 0 radical (unpaired) electrons. The topological polar surface area (TPSA) is 64.0 Å². The van der Waals surface area contributed by atoms with Crippen LogP contribution in [0.15, 0.2) is 4.47 Å². The third-order valence-corrected chi connectivity index (χ3v) is 4.69. The smallest absolute Gasteiger partial charge is 0.354 e. The third kappa shape index (κ3) is 4.50. The average Bonchev–Trinajstić information content (AvgIpc) is 3.24. The van der Waals surface area contributed by atoms with Crippen molar-refractivity contribution in [1.29, 1.82) is 0 Å². The Morgan fingerprint density at radius 1 is 1.46 bits per heavy atom. The molecule has 1 unspecified atom stereocenters. The van der Waals surface area contributed by atoms with Crippen LogP contribution in [0.1, 0.15) is 56.0 Å². The molecule has 1 saturated carbocycles. The Hall–Kier alpha value is -1.09. The van der Waals surface area contributed by atoms with Gasteiger partial charge in [-0.25, -0.2) is 0 Å². The molecule has 1 aliphatic rings. The van der Waals surface area contributed by atoms with Crippen molar-refractivity contribution in [2.75, 3.05) is 6.54 Å². The number of nitrogens with zero attached hydrogens (tertiary/aromatic N) is 2. The Morgan fingerprint density at radius 3 is 2.58 bits per heavy atom. The Labute approximate surface area is 150 Å². The molecule has 0 spiro atoms. The normalized spacial score (nSPS) is 16.1. The van der Waals surface area contributed by atoms with Gasteiger partial charge in [-0.2, -0.15) is 18.3 Å². The number of hydrogen-bond acceptors (Lipinski definition) is 3. The average molecular weight is 431 g/mol. The second-order valence-corrected chi connectivity index (χ2v) is 6.90. The first kappa shape index (κ1) is 19.2. The number of carbonyl (C=O) groups is 2. The SMILES string of the molecule is CC(C(=O)NCCCC(=O)Cl)n1nc(C(F)(F)F)c(Br)c1C1CC1. The standard InChI is InChI=1S/C14H16BrClF3N3O2/c1-7(13(24)20-6-2-3-9(16)23)22-11(8-4-5-8)10(15)12(21-22)14(17,18)19/h7-8H,2-6H2,1H3,(H,20,24). The molecule has 5 nitrogen and oxygen atoms in total. The minimum atomic E-state index is -4.59. The van der Waals surface area contributed by atoms with Crippen molar-refractivity contribution >= 4 is 38.7 Å².